The Bertz CT molecular complexity index is 560. The Morgan fingerprint density at radius 1 is 1.11 bits per heavy atom. The van der Waals surface area contributed by atoms with Crippen LogP contribution in [0.5, 0.6) is 0 Å². The predicted molar refractivity (Wildman–Crippen MR) is 81.6 cm³/mol. The molecule has 0 aliphatic heterocycles. The smallest absolute Gasteiger partial charge is 0.134 e. The van der Waals surface area contributed by atoms with Crippen molar-refractivity contribution in [2.24, 2.45) is 0 Å². The molecule has 0 aliphatic carbocycles. The summed E-state index contributed by atoms with van der Waals surface area (Å²) in [5.74, 6) is 1.08. The third kappa shape index (κ3) is 3.19. The van der Waals surface area contributed by atoms with Gasteiger partial charge in [0.1, 0.15) is 11.3 Å². The van der Waals surface area contributed by atoms with Gasteiger partial charge in [-0.15, -0.1) is 0 Å². The van der Waals surface area contributed by atoms with E-state index in [0.29, 0.717) is 0 Å². The van der Waals surface area contributed by atoms with Crippen LogP contribution in [-0.4, -0.2) is 5.54 Å². The van der Waals surface area contributed by atoms with Crippen molar-refractivity contribution in [2.45, 2.75) is 59.5 Å². The lowest BCUT2D eigenvalue weighted by molar-refractivity contribution is 0.393. The van der Waals surface area contributed by atoms with Crippen molar-refractivity contribution in [3.8, 4) is 0 Å². The van der Waals surface area contributed by atoms with E-state index in [0.717, 1.165) is 30.7 Å². The van der Waals surface area contributed by atoms with Gasteiger partial charge in [0, 0.05) is 16.5 Å². The second-order valence-corrected chi connectivity index (χ2v) is 6.14. The summed E-state index contributed by atoms with van der Waals surface area (Å²) in [5, 5.41) is 4.79. The Labute approximate surface area is 116 Å². The highest BCUT2D eigenvalue weighted by atomic mass is 16.3. The molecule has 2 rings (SSSR count). The Kier molecular flexibility index (Phi) is 4.00. The van der Waals surface area contributed by atoms with Crippen molar-refractivity contribution >= 4 is 11.0 Å². The summed E-state index contributed by atoms with van der Waals surface area (Å²) in [6.45, 7) is 11.7. The van der Waals surface area contributed by atoms with E-state index in [1.165, 1.54) is 16.5 Å². The summed E-state index contributed by atoms with van der Waals surface area (Å²) in [7, 11) is 0. The maximum Gasteiger partial charge on any atom is 0.134 e. The SMILES string of the molecule is CCc1ccc2oc(CNC(C)(C)C)c(CC)c2c1. The van der Waals surface area contributed by atoms with Crippen molar-refractivity contribution in [1.29, 1.82) is 0 Å². The monoisotopic (exact) mass is 259 g/mol. The molecule has 0 amide bonds. The van der Waals surface area contributed by atoms with Crippen LogP contribution >= 0.6 is 0 Å². The van der Waals surface area contributed by atoms with Gasteiger partial charge in [-0.1, -0.05) is 19.9 Å². The molecule has 0 fully saturated rings. The molecule has 0 aliphatic rings. The van der Waals surface area contributed by atoms with Gasteiger partial charge in [-0.2, -0.15) is 0 Å². The van der Waals surface area contributed by atoms with Gasteiger partial charge in [-0.3, -0.25) is 0 Å². The van der Waals surface area contributed by atoms with E-state index in [1.54, 1.807) is 0 Å². The van der Waals surface area contributed by atoms with E-state index in [1.807, 2.05) is 0 Å². The molecule has 0 unspecified atom stereocenters. The molecule has 1 N–H and O–H groups in total. The number of fused-ring (bicyclic) bond motifs is 1. The molecule has 0 saturated heterocycles. The summed E-state index contributed by atoms with van der Waals surface area (Å²) < 4.78 is 6.02. The number of benzene rings is 1. The number of hydrogen-bond donors (Lipinski definition) is 1. The second-order valence-electron chi connectivity index (χ2n) is 6.14. The summed E-state index contributed by atoms with van der Waals surface area (Å²) >= 11 is 0. The molecule has 2 nitrogen and oxygen atoms in total. The Morgan fingerprint density at radius 2 is 1.84 bits per heavy atom. The van der Waals surface area contributed by atoms with Gasteiger partial charge >= 0.3 is 0 Å². The van der Waals surface area contributed by atoms with Gasteiger partial charge in [0.15, 0.2) is 0 Å². The van der Waals surface area contributed by atoms with E-state index in [-0.39, 0.29) is 5.54 Å². The zero-order valence-corrected chi connectivity index (χ0v) is 12.8. The normalized spacial score (nSPS) is 12.3. The largest absolute Gasteiger partial charge is 0.459 e. The summed E-state index contributed by atoms with van der Waals surface area (Å²) in [5.41, 5.74) is 3.85. The lowest BCUT2D eigenvalue weighted by atomic mass is 10.0. The Morgan fingerprint density at radius 3 is 2.42 bits per heavy atom. The maximum atomic E-state index is 6.02. The van der Waals surface area contributed by atoms with Gasteiger partial charge in [0.25, 0.3) is 0 Å². The fourth-order valence-corrected chi connectivity index (χ4v) is 2.34. The highest BCUT2D eigenvalue weighted by Gasteiger charge is 2.15. The zero-order chi connectivity index (χ0) is 14.0. The van der Waals surface area contributed by atoms with E-state index >= 15 is 0 Å². The molecular formula is C17H25NO. The van der Waals surface area contributed by atoms with Crippen LogP contribution in [0.3, 0.4) is 0 Å². The number of hydrogen-bond acceptors (Lipinski definition) is 2. The highest BCUT2D eigenvalue weighted by molar-refractivity contribution is 5.83. The Balaban J connectivity index is 2.38. The minimum absolute atomic E-state index is 0.110. The first-order chi connectivity index (χ1) is 8.94. The molecule has 1 heterocycles. The number of furan rings is 1. The quantitative estimate of drug-likeness (QED) is 0.877. The first kappa shape index (κ1) is 14.1. The fourth-order valence-electron chi connectivity index (χ4n) is 2.34. The van der Waals surface area contributed by atoms with Gasteiger partial charge in [0.2, 0.25) is 0 Å². The van der Waals surface area contributed by atoms with Crippen molar-refractivity contribution in [3.05, 3.63) is 35.1 Å². The number of aryl methyl sites for hydroxylation is 2. The van der Waals surface area contributed by atoms with Gasteiger partial charge < -0.3 is 9.73 Å². The standard InChI is InChI=1S/C17H25NO/c1-6-12-8-9-15-14(10-12)13(7-2)16(19-15)11-18-17(3,4)5/h8-10,18H,6-7,11H2,1-5H3. The fraction of sp³-hybridized carbons (Fsp3) is 0.529. The zero-order valence-electron chi connectivity index (χ0n) is 12.8. The average Bonchev–Trinajstić information content (AvgIpc) is 2.71. The lowest BCUT2D eigenvalue weighted by Crippen LogP contribution is -2.35. The first-order valence-electron chi connectivity index (χ1n) is 7.22. The van der Waals surface area contributed by atoms with Crippen LogP contribution in [0, 0.1) is 0 Å². The van der Waals surface area contributed by atoms with Crippen LogP contribution < -0.4 is 5.32 Å². The molecule has 0 spiro atoms. The summed E-state index contributed by atoms with van der Waals surface area (Å²) in [6, 6.07) is 6.54. The van der Waals surface area contributed by atoms with Gasteiger partial charge in [-0.25, -0.2) is 0 Å². The molecule has 2 aromatic rings. The van der Waals surface area contributed by atoms with Crippen LogP contribution in [0.15, 0.2) is 22.6 Å². The average molecular weight is 259 g/mol. The minimum Gasteiger partial charge on any atom is -0.459 e. The third-order valence-electron chi connectivity index (χ3n) is 3.48. The number of rotatable bonds is 4. The van der Waals surface area contributed by atoms with E-state index in [9.17, 15) is 0 Å². The van der Waals surface area contributed by atoms with Crippen LogP contribution in [-0.2, 0) is 19.4 Å². The van der Waals surface area contributed by atoms with Gasteiger partial charge in [-0.05, 0) is 51.3 Å². The second kappa shape index (κ2) is 5.38. The predicted octanol–water partition coefficient (Wildman–Crippen LogP) is 4.45. The summed E-state index contributed by atoms with van der Waals surface area (Å²) in [6.07, 6.45) is 2.08. The molecule has 1 aromatic carbocycles. The lowest BCUT2D eigenvalue weighted by Gasteiger charge is -2.19. The van der Waals surface area contributed by atoms with Crippen LogP contribution in [0.25, 0.3) is 11.0 Å². The molecule has 1 aromatic heterocycles. The molecular weight excluding hydrogens is 234 g/mol. The Hall–Kier alpha value is -1.28. The van der Waals surface area contributed by atoms with Crippen LogP contribution in [0.1, 0.15) is 51.5 Å². The molecule has 0 atom stereocenters. The third-order valence-corrected chi connectivity index (χ3v) is 3.48. The van der Waals surface area contributed by atoms with E-state index < -0.39 is 0 Å². The molecule has 0 radical (unpaired) electrons. The van der Waals surface area contributed by atoms with Crippen LogP contribution in [0.2, 0.25) is 0 Å². The van der Waals surface area contributed by atoms with Crippen LogP contribution in [0.4, 0.5) is 0 Å². The molecule has 19 heavy (non-hydrogen) atoms. The van der Waals surface area contributed by atoms with Crippen molar-refractivity contribution in [3.63, 3.8) is 0 Å². The maximum absolute atomic E-state index is 6.02. The van der Waals surface area contributed by atoms with Crippen molar-refractivity contribution in [1.82, 2.24) is 5.32 Å². The number of nitrogens with one attached hydrogen (secondary N) is 1. The molecule has 2 heteroatoms. The molecule has 104 valence electrons. The van der Waals surface area contributed by atoms with Gasteiger partial charge in [0.05, 0.1) is 6.54 Å². The van der Waals surface area contributed by atoms with Crippen molar-refractivity contribution < 1.29 is 4.42 Å². The summed E-state index contributed by atoms with van der Waals surface area (Å²) in [4.78, 5) is 0. The van der Waals surface area contributed by atoms with Crippen molar-refractivity contribution in [2.75, 3.05) is 0 Å². The highest BCUT2D eigenvalue weighted by Crippen LogP contribution is 2.28. The molecule has 0 saturated carbocycles. The minimum atomic E-state index is 0.110. The van der Waals surface area contributed by atoms with E-state index in [4.69, 9.17) is 4.42 Å². The first-order valence-corrected chi connectivity index (χ1v) is 7.22. The topological polar surface area (TPSA) is 25.2 Å². The molecule has 0 bridgehead atoms. The van der Waals surface area contributed by atoms with E-state index in [2.05, 4.69) is 58.1 Å².